The molecule has 268 valence electrons. The number of aromatic nitrogens is 1. The normalized spacial score (nSPS) is 17.3. The molecule has 2 fully saturated rings. The van der Waals surface area contributed by atoms with Gasteiger partial charge in [-0.15, -0.1) is 64.7 Å². The zero-order chi connectivity index (χ0) is 34.7. The van der Waals surface area contributed by atoms with E-state index in [1.165, 1.54) is 101 Å². The number of hydrogen-bond donors (Lipinski definition) is 0. The van der Waals surface area contributed by atoms with Crippen molar-refractivity contribution in [1.29, 1.82) is 0 Å². The number of benzene rings is 4. The van der Waals surface area contributed by atoms with Crippen molar-refractivity contribution in [2.24, 2.45) is 0 Å². The van der Waals surface area contributed by atoms with Gasteiger partial charge in [0.05, 0.1) is 5.52 Å². The van der Waals surface area contributed by atoms with Crippen LogP contribution in [-0.2, 0) is 25.5 Å². The quantitative estimate of drug-likeness (QED) is 0.147. The molecular formula is C46H54IrN3S. The van der Waals surface area contributed by atoms with Gasteiger partial charge in [-0.1, -0.05) is 171 Å². The van der Waals surface area contributed by atoms with Gasteiger partial charge in [0.2, 0.25) is 0 Å². The fourth-order valence-electron chi connectivity index (χ4n) is 8.39. The molecule has 51 heavy (non-hydrogen) atoms. The zero-order valence-corrected chi connectivity index (χ0v) is 34.4. The van der Waals surface area contributed by atoms with Gasteiger partial charge in [-0.2, -0.15) is 0 Å². The van der Waals surface area contributed by atoms with Crippen LogP contribution >= 0.6 is 11.3 Å². The molecular weight excluding hydrogens is 819 g/mol. The van der Waals surface area contributed by atoms with E-state index in [-0.39, 0.29) is 25.5 Å². The first-order valence-electron chi connectivity index (χ1n) is 19.3. The molecule has 0 aliphatic heterocycles. The fourth-order valence-corrected chi connectivity index (χ4v) is 9.61. The van der Waals surface area contributed by atoms with Crippen molar-refractivity contribution >= 4 is 53.2 Å². The summed E-state index contributed by atoms with van der Waals surface area (Å²) in [5.74, 6) is 0. The van der Waals surface area contributed by atoms with Crippen LogP contribution in [0.15, 0.2) is 78.9 Å². The number of fused-ring (bicyclic) bond motifs is 6. The molecule has 0 amide bonds. The van der Waals surface area contributed by atoms with Crippen molar-refractivity contribution in [2.45, 2.75) is 135 Å². The van der Waals surface area contributed by atoms with Gasteiger partial charge in [-0.3, -0.25) is 4.98 Å². The molecule has 0 radical (unpaired) electrons. The monoisotopic (exact) mass is 873 g/mol. The van der Waals surface area contributed by atoms with Crippen LogP contribution in [0.1, 0.15) is 111 Å². The molecule has 2 aliphatic rings. The summed E-state index contributed by atoms with van der Waals surface area (Å²) in [4.78, 5) is 5.18. The predicted molar refractivity (Wildman–Crippen MR) is 219 cm³/mol. The third kappa shape index (κ3) is 8.94. The Morgan fingerprint density at radius 1 is 0.725 bits per heavy atom. The molecule has 2 unspecified atom stereocenters. The Balaban J connectivity index is 0.000000194. The molecule has 0 saturated heterocycles. The Labute approximate surface area is 323 Å². The van der Waals surface area contributed by atoms with Gasteiger partial charge >= 0.3 is 20.1 Å². The van der Waals surface area contributed by atoms with Gasteiger partial charge in [-0.25, -0.2) is 0 Å². The number of nitrogens with zero attached hydrogens (tertiary/aromatic N) is 3. The molecule has 2 aromatic heterocycles. The first kappa shape index (κ1) is 38.1. The van der Waals surface area contributed by atoms with Crippen molar-refractivity contribution < 1.29 is 20.1 Å². The second kappa shape index (κ2) is 17.0. The molecule has 0 spiro atoms. The molecule has 8 rings (SSSR count). The van der Waals surface area contributed by atoms with Crippen LogP contribution in [0.25, 0.3) is 63.7 Å². The van der Waals surface area contributed by atoms with E-state index in [1.807, 2.05) is 11.3 Å². The summed E-state index contributed by atoms with van der Waals surface area (Å²) in [7, 11) is 0. The van der Waals surface area contributed by atoms with Crippen LogP contribution in [0.2, 0.25) is 0 Å². The van der Waals surface area contributed by atoms with Crippen molar-refractivity contribution in [3.8, 4) is 11.3 Å². The molecule has 5 heteroatoms. The van der Waals surface area contributed by atoms with E-state index in [9.17, 15) is 0 Å². The predicted octanol–water partition coefficient (Wildman–Crippen LogP) is 14.1. The summed E-state index contributed by atoms with van der Waals surface area (Å²) in [5, 5.41) is 16.3. The summed E-state index contributed by atoms with van der Waals surface area (Å²) in [6.45, 7) is 11.4. The van der Waals surface area contributed by atoms with Crippen LogP contribution in [0.3, 0.4) is 0 Å². The second-order valence-corrected chi connectivity index (χ2v) is 17.0. The molecule has 6 aromatic rings. The van der Waals surface area contributed by atoms with E-state index in [0.717, 1.165) is 28.6 Å². The molecule has 2 aliphatic carbocycles. The van der Waals surface area contributed by atoms with Crippen LogP contribution < -0.4 is 0 Å². The third-order valence-electron chi connectivity index (χ3n) is 10.8. The largest absolute Gasteiger partial charge is 3.00 e. The standard InChI is InChI=1S/C29H22NS.C17H32N2.Ir/c1-29(2,3)23-17-19(16-18-10-4-5-11-20(18)23)27-28-26(21-12-6-8-14-24(21)30-27)22-13-7-9-15-25(22)31-28;1-14(18-16-9-5-3-6-10-16)13-15(2)19-17-11-7-4-8-12-17;/h4-15,17H,1-3H3;14-17H,3-13H2,1-2H3;/q-1;-2;+3. The molecule has 3 nitrogen and oxygen atoms in total. The van der Waals surface area contributed by atoms with E-state index in [1.54, 1.807) is 0 Å². The minimum absolute atomic E-state index is 0. The Kier molecular flexibility index (Phi) is 12.7. The Morgan fingerprint density at radius 3 is 1.90 bits per heavy atom. The van der Waals surface area contributed by atoms with Crippen molar-refractivity contribution in [3.63, 3.8) is 0 Å². The molecule has 2 saturated carbocycles. The van der Waals surface area contributed by atoms with E-state index in [4.69, 9.17) is 15.6 Å². The smallest absolute Gasteiger partial charge is 0.657 e. The van der Waals surface area contributed by atoms with Gasteiger partial charge in [0, 0.05) is 31.3 Å². The Morgan fingerprint density at radius 2 is 1.27 bits per heavy atom. The summed E-state index contributed by atoms with van der Waals surface area (Å²) < 4.78 is 2.54. The van der Waals surface area contributed by atoms with Crippen LogP contribution in [-0.4, -0.2) is 29.2 Å². The van der Waals surface area contributed by atoms with E-state index in [2.05, 4.69) is 120 Å². The zero-order valence-electron chi connectivity index (χ0n) is 31.2. The maximum atomic E-state index is 5.18. The summed E-state index contributed by atoms with van der Waals surface area (Å²) in [6.07, 6.45) is 14.9. The fraction of sp³-hybridized carbons (Fsp3) is 0.457. The number of hydrogen-bond acceptors (Lipinski definition) is 2. The minimum Gasteiger partial charge on any atom is -0.657 e. The van der Waals surface area contributed by atoms with Gasteiger partial charge in [0.25, 0.3) is 0 Å². The first-order chi connectivity index (χ1) is 24.2. The van der Waals surface area contributed by atoms with Crippen molar-refractivity contribution in [2.75, 3.05) is 0 Å². The molecule has 4 aromatic carbocycles. The second-order valence-electron chi connectivity index (χ2n) is 16.0. The first-order valence-corrected chi connectivity index (χ1v) is 20.1. The Hall–Kier alpha value is -2.66. The van der Waals surface area contributed by atoms with Crippen LogP contribution in [0.5, 0.6) is 0 Å². The third-order valence-corrected chi connectivity index (χ3v) is 12.0. The number of pyridine rings is 1. The molecule has 2 heterocycles. The maximum Gasteiger partial charge on any atom is 3.00 e. The Bertz CT molecular complexity index is 2020. The number of para-hydroxylation sites is 1. The average molecular weight is 873 g/mol. The molecule has 0 bridgehead atoms. The summed E-state index contributed by atoms with van der Waals surface area (Å²) in [5.41, 5.74) is 4.50. The van der Waals surface area contributed by atoms with Gasteiger partial charge in [0.15, 0.2) is 0 Å². The van der Waals surface area contributed by atoms with Crippen molar-refractivity contribution in [1.82, 2.24) is 4.98 Å². The van der Waals surface area contributed by atoms with E-state index < -0.39 is 0 Å². The van der Waals surface area contributed by atoms with Gasteiger partial charge < -0.3 is 10.6 Å². The average Bonchev–Trinajstić information content (AvgIpc) is 3.51. The van der Waals surface area contributed by atoms with Crippen LogP contribution in [0, 0.1) is 6.07 Å². The van der Waals surface area contributed by atoms with E-state index >= 15 is 0 Å². The van der Waals surface area contributed by atoms with Gasteiger partial charge in [0.1, 0.15) is 0 Å². The summed E-state index contributed by atoms with van der Waals surface area (Å²) >= 11 is 1.83. The topological polar surface area (TPSA) is 41.1 Å². The van der Waals surface area contributed by atoms with Gasteiger partial charge in [-0.05, 0) is 17.5 Å². The number of thiophene rings is 1. The molecule has 0 N–H and O–H groups in total. The molecule has 2 atom stereocenters. The maximum absolute atomic E-state index is 5.18. The van der Waals surface area contributed by atoms with Crippen LogP contribution in [0.4, 0.5) is 0 Å². The SMILES string of the molecule is CC(C)(C)c1cc(-c2nc3ccccc3c3c2sc2ccccc23)[c-]c2ccccc12.CC(CC(C)[N-]C1CCCCC1)[N-]C1CCCCC1.[Ir+3]. The van der Waals surface area contributed by atoms with E-state index in [0.29, 0.717) is 24.2 Å². The minimum atomic E-state index is 0. The summed E-state index contributed by atoms with van der Waals surface area (Å²) in [6, 6.07) is 34.1. The number of rotatable bonds is 7. The van der Waals surface area contributed by atoms with Crippen molar-refractivity contribution in [3.05, 3.63) is 101 Å².